The fourth-order valence-electron chi connectivity index (χ4n) is 1.85. The quantitative estimate of drug-likeness (QED) is 0.635. The third kappa shape index (κ3) is 8.90. The molecule has 8 heteroatoms. The highest BCUT2D eigenvalue weighted by molar-refractivity contribution is 7.90. The third-order valence-corrected chi connectivity index (χ3v) is 4.19. The Labute approximate surface area is 144 Å². The molecule has 1 aromatic rings. The van der Waals surface area contributed by atoms with Crippen molar-refractivity contribution in [1.82, 2.24) is 5.32 Å². The van der Waals surface area contributed by atoms with Gasteiger partial charge < -0.3 is 15.8 Å². The van der Waals surface area contributed by atoms with Crippen LogP contribution in [0.4, 0.5) is 0 Å². The zero-order valence-electron chi connectivity index (χ0n) is 13.4. The smallest absolute Gasteiger partial charge is 0.224 e. The van der Waals surface area contributed by atoms with Gasteiger partial charge in [0.2, 0.25) is 5.91 Å². The molecule has 23 heavy (non-hydrogen) atoms. The molecule has 6 nitrogen and oxygen atoms in total. The fourth-order valence-corrected chi connectivity index (χ4v) is 2.27. The molecule has 0 heterocycles. The van der Waals surface area contributed by atoms with Gasteiger partial charge in [-0.05, 0) is 5.56 Å². The molecule has 132 valence electrons. The van der Waals surface area contributed by atoms with Crippen LogP contribution < -0.4 is 11.1 Å². The van der Waals surface area contributed by atoms with Crippen LogP contribution in [0.2, 0.25) is 0 Å². The van der Waals surface area contributed by atoms with Crippen molar-refractivity contribution in [2.45, 2.75) is 13.0 Å². The maximum absolute atomic E-state index is 12.0. The van der Waals surface area contributed by atoms with Gasteiger partial charge in [0.05, 0.1) is 24.9 Å². The van der Waals surface area contributed by atoms with Gasteiger partial charge in [-0.25, -0.2) is 8.42 Å². The summed E-state index contributed by atoms with van der Waals surface area (Å²) < 4.78 is 27.0. The maximum Gasteiger partial charge on any atom is 0.224 e. The highest BCUT2D eigenvalue weighted by atomic mass is 35.5. The molecule has 2 atom stereocenters. The van der Waals surface area contributed by atoms with E-state index in [9.17, 15) is 13.2 Å². The topological polar surface area (TPSA) is 98.5 Å². The van der Waals surface area contributed by atoms with Crippen molar-refractivity contribution in [3.8, 4) is 0 Å². The lowest BCUT2D eigenvalue weighted by Gasteiger charge is -2.19. The maximum atomic E-state index is 12.0. The third-order valence-electron chi connectivity index (χ3n) is 3.28. The molecule has 1 rings (SSSR count). The number of amides is 1. The number of nitrogens with two attached hydrogens (primary N) is 1. The summed E-state index contributed by atoms with van der Waals surface area (Å²) in [6, 6.07) is 9.08. The molecule has 0 saturated heterocycles. The van der Waals surface area contributed by atoms with Crippen molar-refractivity contribution >= 4 is 28.2 Å². The van der Waals surface area contributed by atoms with Gasteiger partial charge in [-0.15, -0.1) is 12.4 Å². The summed E-state index contributed by atoms with van der Waals surface area (Å²) in [6.07, 6.45) is 1.16. The van der Waals surface area contributed by atoms with Gasteiger partial charge in [0.15, 0.2) is 0 Å². The molecule has 0 spiro atoms. The first kappa shape index (κ1) is 21.9. The summed E-state index contributed by atoms with van der Waals surface area (Å²) >= 11 is 0. The molecule has 0 aromatic heterocycles. The molecule has 0 radical (unpaired) electrons. The van der Waals surface area contributed by atoms with E-state index in [1.165, 1.54) is 0 Å². The van der Waals surface area contributed by atoms with Gasteiger partial charge in [0, 0.05) is 18.8 Å². The number of halogens is 1. The van der Waals surface area contributed by atoms with Crippen molar-refractivity contribution in [3.63, 3.8) is 0 Å². The van der Waals surface area contributed by atoms with Crippen LogP contribution >= 0.6 is 12.4 Å². The van der Waals surface area contributed by atoms with E-state index in [4.69, 9.17) is 10.5 Å². The van der Waals surface area contributed by atoms with E-state index in [1.807, 2.05) is 30.3 Å². The van der Waals surface area contributed by atoms with E-state index in [0.29, 0.717) is 6.54 Å². The Balaban J connectivity index is 0.00000484. The first-order valence-corrected chi connectivity index (χ1v) is 9.21. The van der Waals surface area contributed by atoms with E-state index < -0.39 is 9.84 Å². The summed E-state index contributed by atoms with van der Waals surface area (Å²) in [5.41, 5.74) is 6.99. The van der Waals surface area contributed by atoms with Crippen molar-refractivity contribution < 1.29 is 17.9 Å². The molecular formula is C15H25ClN2O4S. The van der Waals surface area contributed by atoms with Crippen LogP contribution in [0.3, 0.4) is 0 Å². The number of sulfone groups is 1. The van der Waals surface area contributed by atoms with Gasteiger partial charge in [-0.3, -0.25) is 4.79 Å². The van der Waals surface area contributed by atoms with Crippen molar-refractivity contribution in [3.05, 3.63) is 35.9 Å². The lowest BCUT2D eigenvalue weighted by Crippen LogP contribution is -2.37. The van der Waals surface area contributed by atoms with Crippen molar-refractivity contribution in [2.24, 2.45) is 11.7 Å². The number of hydrogen-bond donors (Lipinski definition) is 2. The fraction of sp³-hybridized carbons (Fsp3) is 0.533. The standard InChI is InChI=1S/C15H24N2O4S.ClH/c1-12(14(16)13-6-4-3-5-7-13)15(18)17-8-9-21-10-11-22(2,19)20;/h3-7,12,14H,8-11,16H2,1-2H3,(H,17,18);1H. The molecule has 0 aliphatic heterocycles. The predicted octanol–water partition coefficient (Wildman–Crippen LogP) is 0.922. The molecule has 0 fully saturated rings. The average molecular weight is 365 g/mol. The van der Waals surface area contributed by atoms with Crippen LogP contribution in [0.5, 0.6) is 0 Å². The molecule has 1 amide bonds. The second-order valence-corrected chi connectivity index (χ2v) is 7.52. The minimum Gasteiger partial charge on any atom is -0.379 e. The Hall–Kier alpha value is -1.15. The minimum absolute atomic E-state index is 0. The summed E-state index contributed by atoms with van der Waals surface area (Å²) in [4.78, 5) is 12.0. The van der Waals surface area contributed by atoms with E-state index in [-0.39, 0.29) is 49.2 Å². The molecule has 2 unspecified atom stereocenters. The van der Waals surface area contributed by atoms with Crippen molar-refractivity contribution in [1.29, 1.82) is 0 Å². The lowest BCUT2D eigenvalue weighted by molar-refractivity contribution is -0.125. The minimum atomic E-state index is -3.01. The second kappa shape index (κ2) is 10.6. The van der Waals surface area contributed by atoms with Gasteiger partial charge in [0.1, 0.15) is 9.84 Å². The predicted molar refractivity (Wildman–Crippen MR) is 93.3 cm³/mol. The number of rotatable bonds is 9. The Morgan fingerprint density at radius 2 is 1.87 bits per heavy atom. The second-order valence-electron chi connectivity index (χ2n) is 5.26. The molecule has 1 aromatic carbocycles. The summed E-state index contributed by atoms with van der Waals surface area (Å²) in [5, 5.41) is 2.74. The molecule has 0 aliphatic rings. The summed E-state index contributed by atoms with van der Waals surface area (Å²) in [7, 11) is -3.01. The molecule has 0 aliphatic carbocycles. The largest absolute Gasteiger partial charge is 0.379 e. The zero-order chi connectivity index (χ0) is 16.6. The van der Waals surface area contributed by atoms with Crippen molar-refractivity contribution in [2.75, 3.05) is 31.8 Å². The van der Waals surface area contributed by atoms with Gasteiger partial charge in [-0.1, -0.05) is 37.3 Å². The van der Waals surface area contributed by atoms with Crippen LogP contribution in [0.15, 0.2) is 30.3 Å². The first-order chi connectivity index (χ1) is 10.3. The van der Waals surface area contributed by atoms with Crippen LogP contribution in [-0.4, -0.2) is 46.1 Å². The Bertz CT molecular complexity index is 566. The first-order valence-electron chi connectivity index (χ1n) is 7.15. The SMILES string of the molecule is CC(C(=O)NCCOCCS(C)(=O)=O)C(N)c1ccccc1.Cl. The van der Waals surface area contributed by atoms with Gasteiger partial charge in [-0.2, -0.15) is 0 Å². The van der Waals surface area contributed by atoms with E-state index in [2.05, 4.69) is 5.32 Å². The normalized spacial score (nSPS) is 13.7. The van der Waals surface area contributed by atoms with Crippen LogP contribution in [0, 0.1) is 5.92 Å². The number of hydrogen-bond acceptors (Lipinski definition) is 5. The number of ether oxygens (including phenoxy) is 1. The average Bonchev–Trinajstić information content (AvgIpc) is 2.48. The van der Waals surface area contributed by atoms with E-state index in [0.717, 1.165) is 11.8 Å². The van der Waals surface area contributed by atoms with Crippen LogP contribution in [0.1, 0.15) is 18.5 Å². The van der Waals surface area contributed by atoms with Crippen LogP contribution in [-0.2, 0) is 19.4 Å². The monoisotopic (exact) mass is 364 g/mol. The van der Waals surface area contributed by atoms with E-state index in [1.54, 1.807) is 6.92 Å². The molecule has 3 N–H and O–H groups in total. The van der Waals surface area contributed by atoms with Gasteiger partial charge >= 0.3 is 0 Å². The summed E-state index contributed by atoms with van der Waals surface area (Å²) in [5.74, 6) is -0.530. The van der Waals surface area contributed by atoms with Crippen LogP contribution in [0.25, 0.3) is 0 Å². The highest BCUT2D eigenvalue weighted by Gasteiger charge is 2.21. The number of carbonyl (C=O) groups is 1. The molecule has 0 saturated carbocycles. The Kier molecular flexibility index (Phi) is 10.1. The lowest BCUT2D eigenvalue weighted by atomic mass is 9.95. The van der Waals surface area contributed by atoms with Gasteiger partial charge in [0.25, 0.3) is 0 Å². The Morgan fingerprint density at radius 1 is 1.26 bits per heavy atom. The van der Waals surface area contributed by atoms with E-state index >= 15 is 0 Å². The molecular weight excluding hydrogens is 340 g/mol. The number of nitrogens with one attached hydrogen (secondary N) is 1. The molecule has 0 bridgehead atoms. The zero-order valence-corrected chi connectivity index (χ0v) is 15.0. The Morgan fingerprint density at radius 3 is 2.43 bits per heavy atom. The highest BCUT2D eigenvalue weighted by Crippen LogP contribution is 2.18. The summed E-state index contributed by atoms with van der Waals surface area (Å²) in [6.45, 7) is 2.51. The number of carbonyl (C=O) groups excluding carboxylic acids is 1. The number of benzene rings is 1.